The second-order valence-corrected chi connectivity index (χ2v) is 6.08. The molecular formula is C16H25N3O5. The van der Waals surface area contributed by atoms with Crippen LogP contribution >= 0.6 is 0 Å². The van der Waals surface area contributed by atoms with Gasteiger partial charge in [-0.25, -0.2) is 4.79 Å². The molecule has 0 aliphatic heterocycles. The van der Waals surface area contributed by atoms with Gasteiger partial charge < -0.3 is 10.5 Å². The standard InChI is InChI=1S/C16H25N3O5/c1-5-8-19-14(17)13(15(22)18(4)16(19)23)11(20)9-24-12(21)7-6-10(2)3/h10H,5-9,17H2,1-4H3. The summed E-state index contributed by atoms with van der Waals surface area (Å²) in [6.45, 7) is 5.50. The van der Waals surface area contributed by atoms with Crippen LogP contribution < -0.4 is 17.0 Å². The third-order valence-corrected chi connectivity index (χ3v) is 3.60. The van der Waals surface area contributed by atoms with Crippen LogP contribution in [0.4, 0.5) is 5.82 Å². The van der Waals surface area contributed by atoms with Gasteiger partial charge in [0.05, 0.1) is 0 Å². The van der Waals surface area contributed by atoms with Crippen molar-refractivity contribution in [1.82, 2.24) is 9.13 Å². The molecule has 0 unspecified atom stereocenters. The van der Waals surface area contributed by atoms with E-state index in [9.17, 15) is 19.2 Å². The largest absolute Gasteiger partial charge is 0.457 e. The van der Waals surface area contributed by atoms with Gasteiger partial charge in [0.15, 0.2) is 6.61 Å². The fourth-order valence-electron chi connectivity index (χ4n) is 2.18. The molecule has 0 saturated carbocycles. The van der Waals surface area contributed by atoms with Crippen LogP contribution in [0.25, 0.3) is 0 Å². The normalized spacial score (nSPS) is 10.9. The van der Waals surface area contributed by atoms with Crippen molar-refractivity contribution < 1.29 is 14.3 Å². The first-order valence-electron chi connectivity index (χ1n) is 7.98. The van der Waals surface area contributed by atoms with Gasteiger partial charge in [-0.15, -0.1) is 0 Å². The molecule has 0 atom stereocenters. The van der Waals surface area contributed by atoms with Crippen molar-refractivity contribution in [2.75, 3.05) is 12.3 Å². The summed E-state index contributed by atoms with van der Waals surface area (Å²) in [5, 5.41) is 0. The molecule has 0 radical (unpaired) electrons. The monoisotopic (exact) mass is 339 g/mol. The first-order chi connectivity index (χ1) is 11.2. The lowest BCUT2D eigenvalue weighted by molar-refractivity contribution is -0.142. The number of ketones is 1. The number of Topliss-reactive ketones (excluding diaryl/α,β-unsaturated/α-hetero) is 1. The summed E-state index contributed by atoms with van der Waals surface area (Å²) in [6.07, 6.45) is 1.46. The molecule has 8 heteroatoms. The molecule has 0 aliphatic carbocycles. The predicted octanol–water partition coefficient (Wildman–Crippen LogP) is 0.701. The van der Waals surface area contributed by atoms with Crippen molar-refractivity contribution in [3.63, 3.8) is 0 Å². The zero-order chi connectivity index (χ0) is 18.4. The van der Waals surface area contributed by atoms with Gasteiger partial charge in [-0.3, -0.25) is 23.5 Å². The fourth-order valence-corrected chi connectivity index (χ4v) is 2.18. The van der Waals surface area contributed by atoms with Gasteiger partial charge in [-0.05, 0) is 18.8 Å². The number of aromatic nitrogens is 2. The Morgan fingerprint density at radius 1 is 1.25 bits per heavy atom. The SMILES string of the molecule is CCCn1c(N)c(C(=O)COC(=O)CCC(C)C)c(=O)n(C)c1=O. The van der Waals surface area contributed by atoms with E-state index in [1.54, 1.807) is 0 Å². The Hall–Kier alpha value is -2.38. The van der Waals surface area contributed by atoms with Crippen molar-refractivity contribution in [3.8, 4) is 0 Å². The molecule has 0 aliphatic rings. The molecule has 1 aromatic heterocycles. The number of nitrogens with two attached hydrogens (primary N) is 1. The van der Waals surface area contributed by atoms with Crippen LogP contribution in [0.3, 0.4) is 0 Å². The number of hydrogen-bond donors (Lipinski definition) is 1. The van der Waals surface area contributed by atoms with Crippen LogP contribution in [0.15, 0.2) is 9.59 Å². The number of nitrogen functional groups attached to an aromatic ring is 1. The van der Waals surface area contributed by atoms with E-state index in [1.165, 1.54) is 11.6 Å². The fraction of sp³-hybridized carbons (Fsp3) is 0.625. The Labute approximate surface area is 140 Å². The van der Waals surface area contributed by atoms with Crippen molar-refractivity contribution in [1.29, 1.82) is 0 Å². The summed E-state index contributed by atoms with van der Waals surface area (Å²) < 4.78 is 6.92. The minimum absolute atomic E-state index is 0.187. The maximum absolute atomic E-state index is 12.3. The lowest BCUT2D eigenvalue weighted by Crippen LogP contribution is -2.43. The molecule has 134 valence electrons. The van der Waals surface area contributed by atoms with Crippen molar-refractivity contribution in [2.24, 2.45) is 13.0 Å². The highest BCUT2D eigenvalue weighted by molar-refractivity contribution is 6.01. The summed E-state index contributed by atoms with van der Waals surface area (Å²) in [5.41, 5.74) is 4.15. The van der Waals surface area contributed by atoms with Crippen LogP contribution in [-0.4, -0.2) is 27.5 Å². The first-order valence-corrected chi connectivity index (χ1v) is 7.98. The van der Waals surface area contributed by atoms with Crippen LogP contribution in [0, 0.1) is 5.92 Å². The van der Waals surface area contributed by atoms with Gasteiger partial charge in [0.25, 0.3) is 5.56 Å². The topological polar surface area (TPSA) is 113 Å². The van der Waals surface area contributed by atoms with Crippen LogP contribution in [-0.2, 0) is 23.1 Å². The van der Waals surface area contributed by atoms with Gasteiger partial charge in [0.1, 0.15) is 11.4 Å². The number of ether oxygens (including phenoxy) is 1. The lowest BCUT2D eigenvalue weighted by atomic mass is 10.1. The summed E-state index contributed by atoms with van der Waals surface area (Å²) in [5.74, 6) is -1.06. The summed E-state index contributed by atoms with van der Waals surface area (Å²) in [7, 11) is 1.28. The Bertz CT molecular complexity index is 730. The van der Waals surface area contributed by atoms with E-state index < -0.39 is 29.6 Å². The number of hydrogen-bond acceptors (Lipinski definition) is 6. The van der Waals surface area contributed by atoms with E-state index in [2.05, 4.69) is 0 Å². The number of carbonyl (C=O) groups is 2. The van der Waals surface area contributed by atoms with E-state index in [-0.39, 0.29) is 24.3 Å². The molecular weight excluding hydrogens is 314 g/mol. The van der Waals surface area contributed by atoms with Gasteiger partial charge in [0.2, 0.25) is 5.78 Å². The maximum Gasteiger partial charge on any atom is 0.332 e. The van der Waals surface area contributed by atoms with Gasteiger partial charge in [-0.1, -0.05) is 20.8 Å². The van der Waals surface area contributed by atoms with Crippen LogP contribution in [0.1, 0.15) is 50.4 Å². The molecule has 0 spiro atoms. The molecule has 8 nitrogen and oxygen atoms in total. The molecule has 0 bridgehead atoms. The highest BCUT2D eigenvalue weighted by atomic mass is 16.5. The number of carbonyl (C=O) groups excluding carboxylic acids is 2. The number of nitrogens with zero attached hydrogens (tertiary/aromatic N) is 2. The molecule has 0 amide bonds. The molecule has 2 N–H and O–H groups in total. The highest BCUT2D eigenvalue weighted by Crippen LogP contribution is 2.08. The van der Waals surface area contributed by atoms with Crippen LogP contribution in [0.5, 0.6) is 0 Å². The second-order valence-electron chi connectivity index (χ2n) is 6.08. The number of esters is 1. The molecule has 0 fully saturated rings. The van der Waals surface area contributed by atoms with E-state index in [0.717, 1.165) is 4.57 Å². The minimum atomic E-state index is -0.784. The van der Waals surface area contributed by atoms with Crippen molar-refractivity contribution in [2.45, 2.75) is 46.6 Å². The Balaban J connectivity index is 3.01. The number of rotatable bonds is 8. The molecule has 0 saturated heterocycles. The smallest absolute Gasteiger partial charge is 0.332 e. The first kappa shape index (κ1) is 19.7. The third kappa shape index (κ3) is 4.56. The molecule has 0 aromatic carbocycles. The zero-order valence-corrected chi connectivity index (χ0v) is 14.6. The summed E-state index contributed by atoms with van der Waals surface area (Å²) in [4.78, 5) is 48.1. The lowest BCUT2D eigenvalue weighted by Gasteiger charge is -2.14. The molecule has 1 rings (SSSR count). The molecule has 24 heavy (non-hydrogen) atoms. The highest BCUT2D eigenvalue weighted by Gasteiger charge is 2.22. The van der Waals surface area contributed by atoms with Gasteiger partial charge in [0, 0.05) is 20.0 Å². The predicted molar refractivity (Wildman–Crippen MR) is 90.0 cm³/mol. The maximum atomic E-state index is 12.3. The average molecular weight is 339 g/mol. The van der Waals surface area contributed by atoms with Gasteiger partial charge >= 0.3 is 11.7 Å². The van der Waals surface area contributed by atoms with E-state index in [1.807, 2.05) is 20.8 Å². The summed E-state index contributed by atoms with van der Waals surface area (Å²) in [6, 6.07) is 0. The quantitative estimate of drug-likeness (QED) is 0.551. The Morgan fingerprint density at radius 2 is 1.88 bits per heavy atom. The summed E-state index contributed by atoms with van der Waals surface area (Å²) >= 11 is 0. The van der Waals surface area contributed by atoms with Crippen molar-refractivity contribution in [3.05, 3.63) is 26.4 Å². The molecule has 1 heterocycles. The van der Waals surface area contributed by atoms with Crippen LogP contribution in [0.2, 0.25) is 0 Å². The minimum Gasteiger partial charge on any atom is -0.457 e. The van der Waals surface area contributed by atoms with E-state index >= 15 is 0 Å². The zero-order valence-electron chi connectivity index (χ0n) is 14.6. The molecule has 1 aromatic rings. The van der Waals surface area contributed by atoms with Gasteiger partial charge in [-0.2, -0.15) is 0 Å². The number of anilines is 1. The van der Waals surface area contributed by atoms with E-state index in [0.29, 0.717) is 18.8 Å². The Morgan fingerprint density at radius 3 is 2.42 bits per heavy atom. The van der Waals surface area contributed by atoms with Crippen molar-refractivity contribution >= 4 is 17.6 Å². The average Bonchev–Trinajstić information content (AvgIpc) is 2.53. The van der Waals surface area contributed by atoms with E-state index in [4.69, 9.17) is 10.5 Å². The second kappa shape index (κ2) is 8.47. The third-order valence-electron chi connectivity index (χ3n) is 3.60. The Kier molecular flexibility index (Phi) is 6.94.